The third kappa shape index (κ3) is 3.09. The first kappa shape index (κ1) is 12.1. The molecule has 0 bridgehead atoms. The van der Waals surface area contributed by atoms with Crippen LogP contribution in [0.15, 0.2) is 54.6 Å². The molecule has 0 aliphatic carbocycles. The Morgan fingerprint density at radius 1 is 0.944 bits per heavy atom. The minimum Gasteiger partial charge on any atom is -0.457 e. The summed E-state index contributed by atoms with van der Waals surface area (Å²) >= 11 is 0. The molecule has 92 valence electrons. The highest BCUT2D eigenvalue weighted by molar-refractivity contribution is 5.93. The summed E-state index contributed by atoms with van der Waals surface area (Å²) in [4.78, 5) is 11.5. The van der Waals surface area contributed by atoms with Crippen molar-refractivity contribution in [3.63, 3.8) is 0 Å². The summed E-state index contributed by atoms with van der Waals surface area (Å²) in [5.41, 5.74) is 5.66. The summed E-state index contributed by atoms with van der Waals surface area (Å²) < 4.78 is 5.63. The van der Waals surface area contributed by atoms with Crippen LogP contribution >= 0.6 is 0 Å². The van der Waals surface area contributed by atoms with Crippen molar-refractivity contribution < 1.29 is 9.53 Å². The third-order valence-corrected chi connectivity index (χ3v) is 2.33. The van der Waals surface area contributed by atoms with Crippen molar-refractivity contribution in [3.8, 4) is 11.5 Å². The first-order valence-corrected chi connectivity index (χ1v) is 5.59. The summed E-state index contributed by atoms with van der Waals surface area (Å²) in [5.74, 6) is 1.29. The fourth-order valence-corrected chi connectivity index (χ4v) is 1.48. The highest BCUT2D eigenvalue weighted by atomic mass is 16.5. The molecule has 0 saturated heterocycles. The van der Waals surface area contributed by atoms with Crippen molar-refractivity contribution in [1.82, 2.24) is 10.9 Å². The van der Waals surface area contributed by atoms with Gasteiger partial charge in [-0.1, -0.05) is 18.2 Å². The summed E-state index contributed by atoms with van der Waals surface area (Å²) in [6.45, 7) is 0. The number of carbonyl (C=O) groups is 1. The molecule has 0 saturated carbocycles. The zero-order chi connectivity index (χ0) is 12.8. The number of rotatable bonds is 4. The van der Waals surface area contributed by atoms with Gasteiger partial charge in [0.2, 0.25) is 0 Å². The molecule has 1 amide bonds. The van der Waals surface area contributed by atoms with Gasteiger partial charge in [-0.15, -0.1) is 0 Å². The average molecular weight is 242 g/mol. The molecule has 0 aliphatic rings. The van der Waals surface area contributed by atoms with E-state index in [4.69, 9.17) is 4.74 Å². The standard InChI is InChI=1S/C14H14N2O2/c1-15-16-14(17)11-7-9-13(10-8-11)18-12-5-3-2-4-6-12/h2-10,15H,1H3,(H,16,17). The monoisotopic (exact) mass is 242 g/mol. The molecule has 0 spiro atoms. The van der Waals surface area contributed by atoms with Crippen LogP contribution < -0.4 is 15.6 Å². The minimum atomic E-state index is -0.177. The predicted molar refractivity (Wildman–Crippen MR) is 69.5 cm³/mol. The van der Waals surface area contributed by atoms with Crippen molar-refractivity contribution in [2.45, 2.75) is 0 Å². The zero-order valence-electron chi connectivity index (χ0n) is 10.0. The molecule has 0 radical (unpaired) electrons. The molecule has 0 unspecified atom stereocenters. The second-order valence-electron chi connectivity index (χ2n) is 3.64. The van der Waals surface area contributed by atoms with Gasteiger partial charge in [0.1, 0.15) is 11.5 Å². The highest BCUT2D eigenvalue weighted by Gasteiger charge is 2.04. The molecule has 0 fully saturated rings. The number of hydrazine groups is 1. The molecule has 0 atom stereocenters. The van der Waals surface area contributed by atoms with Gasteiger partial charge >= 0.3 is 0 Å². The third-order valence-electron chi connectivity index (χ3n) is 2.33. The smallest absolute Gasteiger partial charge is 0.265 e. The Balaban J connectivity index is 2.06. The van der Waals surface area contributed by atoms with E-state index in [-0.39, 0.29) is 5.91 Å². The van der Waals surface area contributed by atoms with Gasteiger partial charge in [-0.05, 0) is 36.4 Å². The fraction of sp³-hybridized carbons (Fsp3) is 0.0714. The summed E-state index contributed by atoms with van der Waals surface area (Å²) in [7, 11) is 1.64. The predicted octanol–water partition coefficient (Wildman–Crippen LogP) is 2.34. The van der Waals surface area contributed by atoms with Crippen molar-refractivity contribution in [2.24, 2.45) is 0 Å². The van der Waals surface area contributed by atoms with Crippen molar-refractivity contribution >= 4 is 5.91 Å². The van der Waals surface area contributed by atoms with Crippen molar-refractivity contribution in [1.29, 1.82) is 0 Å². The summed E-state index contributed by atoms with van der Waals surface area (Å²) in [5, 5.41) is 0. The lowest BCUT2D eigenvalue weighted by Gasteiger charge is -2.06. The lowest BCUT2D eigenvalue weighted by molar-refractivity contribution is 0.0938. The number of ether oxygens (including phenoxy) is 1. The molecule has 0 aromatic heterocycles. The van der Waals surface area contributed by atoms with Gasteiger partial charge in [-0.3, -0.25) is 10.2 Å². The van der Waals surface area contributed by atoms with E-state index in [1.54, 1.807) is 31.3 Å². The summed E-state index contributed by atoms with van der Waals surface area (Å²) in [6.07, 6.45) is 0. The Morgan fingerprint density at radius 3 is 2.17 bits per heavy atom. The molecular weight excluding hydrogens is 228 g/mol. The number of benzene rings is 2. The van der Waals surface area contributed by atoms with Crippen molar-refractivity contribution in [2.75, 3.05) is 7.05 Å². The number of amides is 1. The van der Waals surface area contributed by atoms with Gasteiger partial charge in [0.25, 0.3) is 5.91 Å². The Hall–Kier alpha value is -2.33. The van der Waals surface area contributed by atoms with E-state index < -0.39 is 0 Å². The van der Waals surface area contributed by atoms with Gasteiger partial charge in [0.05, 0.1) is 0 Å². The fourth-order valence-electron chi connectivity index (χ4n) is 1.48. The molecule has 2 aromatic rings. The molecule has 4 nitrogen and oxygen atoms in total. The van der Waals surface area contributed by atoms with Crippen molar-refractivity contribution in [3.05, 3.63) is 60.2 Å². The molecular formula is C14H14N2O2. The van der Waals surface area contributed by atoms with E-state index >= 15 is 0 Å². The maximum atomic E-state index is 11.5. The maximum Gasteiger partial charge on any atom is 0.265 e. The number of hydrogen-bond donors (Lipinski definition) is 2. The second-order valence-corrected chi connectivity index (χ2v) is 3.64. The van der Waals surface area contributed by atoms with Crippen LogP contribution in [0.4, 0.5) is 0 Å². The molecule has 4 heteroatoms. The topological polar surface area (TPSA) is 50.4 Å². The average Bonchev–Trinajstić information content (AvgIpc) is 2.41. The van der Waals surface area contributed by atoms with Crippen LogP contribution in [0, 0.1) is 0 Å². The van der Waals surface area contributed by atoms with E-state index in [0.29, 0.717) is 11.3 Å². The Bertz CT molecular complexity index is 509. The van der Waals surface area contributed by atoms with Crippen LogP contribution in [0.3, 0.4) is 0 Å². The van der Waals surface area contributed by atoms with Gasteiger partial charge in [-0.25, -0.2) is 5.43 Å². The molecule has 0 heterocycles. The molecule has 18 heavy (non-hydrogen) atoms. The van der Waals surface area contributed by atoms with Crippen LogP contribution in [0.25, 0.3) is 0 Å². The molecule has 0 aliphatic heterocycles. The van der Waals surface area contributed by atoms with Gasteiger partial charge < -0.3 is 4.74 Å². The summed E-state index contributed by atoms with van der Waals surface area (Å²) in [6, 6.07) is 16.4. The number of para-hydroxylation sites is 1. The van der Waals surface area contributed by atoms with E-state index in [0.717, 1.165) is 5.75 Å². The lowest BCUT2D eigenvalue weighted by Crippen LogP contribution is -2.33. The Labute approximate surface area is 106 Å². The first-order chi connectivity index (χ1) is 8.79. The number of hydrogen-bond acceptors (Lipinski definition) is 3. The normalized spacial score (nSPS) is 9.83. The van der Waals surface area contributed by atoms with Crippen LogP contribution in [0.5, 0.6) is 11.5 Å². The van der Waals surface area contributed by atoms with E-state index in [1.165, 1.54) is 0 Å². The Kier molecular flexibility index (Phi) is 3.94. The SMILES string of the molecule is CNNC(=O)c1ccc(Oc2ccccc2)cc1. The highest BCUT2D eigenvalue weighted by Crippen LogP contribution is 2.20. The van der Waals surface area contributed by atoms with E-state index in [1.807, 2.05) is 30.3 Å². The van der Waals surface area contributed by atoms with Crippen LogP contribution in [-0.2, 0) is 0 Å². The van der Waals surface area contributed by atoms with E-state index in [2.05, 4.69) is 10.9 Å². The van der Waals surface area contributed by atoms with Gasteiger partial charge in [-0.2, -0.15) is 0 Å². The molecule has 2 aromatic carbocycles. The first-order valence-electron chi connectivity index (χ1n) is 5.59. The van der Waals surface area contributed by atoms with Crippen LogP contribution in [0.2, 0.25) is 0 Å². The lowest BCUT2D eigenvalue weighted by atomic mass is 10.2. The maximum absolute atomic E-state index is 11.5. The largest absolute Gasteiger partial charge is 0.457 e. The molecule has 2 rings (SSSR count). The van der Waals surface area contributed by atoms with Gasteiger partial charge in [0.15, 0.2) is 0 Å². The van der Waals surface area contributed by atoms with Gasteiger partial charge in [0, 0.05) is 12.6 Å². The van der Waals surface area contributed by atoms with Crippen LogP contribution in [0.1, 0.15) is 10.4 Å². The minimum absolute atomic E-state index is 0.177. The number of carbonyl (C=O) groups excluding carboxylic acids is 1. The second kappa shape index (κ2) is 5.84. The van der Waals surface area contributed by atoms with E-state index in [9.17, 15) is 4.79 Å². The zero-order valence-corrected chi connectivity index (χ0v) is 10.0. The quantitative estimate of drug-likeness (QED) is 0.809. The Morgan fingerprint density at radius 2 is 1.56 bits per heavy atom. The molecule has 2 N–H and O–H groups in total. The number of nitrogens with one attached hydrogen (secondary N) is 2. The van der Waals surface area contributed by atoms with Crippen LogP contribution in [-0.4, -0.2) is 13.0 Å².